The van der Waals surface area contributed by atoms with Gasteiger partial charge in [-0.3, -0.25) is 0 Å². The molecule has 0 bridgehead atoms. The topological polar surface area (TPSA) is 25.8 Å². The van der Waals surface area contributed by atoms with E-state index in [0.717, 1.165) is 20.9 Å². The standard InChI is InChI=1S/C36H22N2S/c1-2-14-30-28(12-1)29-13-3-4-15-31(29)33-22-26(17-18-32(30)33)24-9-5-8-23(20-24)25-10-6-11-27(21-25)35-38-34-16-7-19-37-36(34)39-35/h1-22H. The number of aromatic nitrogens is 2. The van der Waals surface area contributed by atoms with Crippen LogP contribution in [0, 0.1) is 0 Å². The highest BCUT2D eigenvalue weighted by Crippen LogP contribution is 2.38. The van der Waals surface area contributed by atoms with E-state index in [1.54, 1.807) is 11.3 Å². The summed E-state index contributed by atoms with van der Waals surface area (Å²) < 4.78 is 0. The first-order valence-corrected chi connectivity index (χ1v) is 13.9. The van der Waals surface area contributed by atoms with Gasteiger partial charge >= 0.3 is 0 Å². The zero-order valence-corrected chi connectivity index (χ0v) is 21.8. The third-order valence-electron chi connectivity index (χ3n) is 7.55. The summed E-state index contributed by atoms with van der Waals surface area (Å²) in [5, 5.41) is 8.78. The third-order valence-corrected chi connectivity index (χ3v) is 8.58. The van der Waals surface area contributed by atoms with Crippen LogP contribution in [0.2, 0.25) is 0 Å². The second-order valence-electron chi connectivity index (χ2n) is 9.86. The fourth-order valence-corrected chi connectivity index (χ4v) is 6.59. The highest BCUT2D eigenvalue weighted by atomic mass is 32.1. The molecule has 8 rings (SSSR count). The van der Waals surface area contributed by atoms with E-state index in [2.05, 4.69) is 120 Å². The van der Waals surface area contributed by atoms with Gasteiger partial charge in [0.1, 0.15) is 15.4 Å². The molecule has 0 aliphatic carbocycles. The average molecular weight is 515 g/mol. The van der Waals surface area contributed by atoms with E-state index in [1.807, 2.05) is 18.3 Å². The number of nitrogens with zero attached hydrogens (tertiary/aromatic N) is 2. The molecule has 8 aromatic rings. The van der Waals surface area contributed by atoms with Crippen molar-refractivity contribution in [3.63, 3.8) is 0 Å². The summed E-state index contributed by atoms with van der Waals surface area (Å²) in [5.74, 6) is 0. The number of hydrogen-bond donors (Lipinski definition) is 0. The van der Waals surface area contributed by atoms with Crippen molar-refractivity contribution in [2.75, 3.05) is 0 Å². The monoisotopic (exact) mass is 514 g/mol. The molecule has 6 aromatic carbocycles. The number of pyridine rings is 1. The lowest BCUT2D eigenvalue weighted by atomic mass is 9.91. The highest BCUT2D eigenvalue weighted by molar-refractivity contribution is 7.21. The van der Waals surface area contributed by atoms with Crippen LogP contribution in [0.1, 0.15) is 0 Å². The minimum atomic E-state index is 0.946. The summed E-state index contributed by atoms with van der Waals surface area (Å²) in [6, 6.07) is 45.8. The zero-order valence-electron chi connectivity index (χ0n) is 21.0. The molecule has 0 N–H and O–H groups in total. The number of hydrogen-bond acceptors (Lipinski definition) is 3. The van der Waals surface area contributed by atoms with Crippen molar-refractivity contribution in [3.05, 3.63) is 134 Å². The Morgan fingerprint density at radius 3 is 1.59 bits per heavy atom. The van der Waals surface area contributed by atoms with Crippen molar-refractivity contribution in [2.45, 2.75) is 0 Å². The van der Waals surface area contributed by atoms with Crippen molar-refractivity contribution in [2.24, 2.45) is 0 Å². The largest absolute Gasteiger partial charge is 0.244 e. The predicted octanol–water partition coefficient (Wildman–Crippen LogP) is 10.2. The lowest BCUT2D eigenvalue weighted by molar-refractivity contribution is 1.40. The summed E-state index contributed by atoms with van der Waals surface area (Å²) in [6.45, 7) is 0. The fourth-order valence-electron chi connectivity index (χ4n) is 5.69. The summed E-state index contributed by atoms with van der Waals surface area (Å²) in [7, 11) is 0. The van der Waals surface area contributed by atoms with Crippen molar-refractivity contribution < 1.29 is 0 Å². The number of thiazole rings is 1. The predicted molar refractivity (Wildman–Crippen MR) is 166 cm³/mol. The molecule has 2 aromatic heterocycles. The lowest BCUT2D eigenvalue weighted by Gasteiger charge is -2.12. The fraction of sp³-hybridized carbons (Fsp3) is 0. The molecular weight excluding hydrogens is 492 g/mol. The van der Waals surface area contributed by atoms with E-state index >= 15 is 0 Å². The van der Waals surface area contributed by atoms with Crippen LogP contribution in [0.4, 0.5) is 0 Å². The molecule has 0 fully saturated rings. The van der Waals surface area contributed by atoms with E-state index in [0.29, 0.717) is 0 Å². The molecule has 39 heavy (non-hydrogen) atoms. The van der Waals surface area contributed by atoms with Gasteiger partial charge in [-0.05, 0) is 84.9 Å². The SMILES string of the molecule is c1cc(-c2cccc(-c3nc4cccnc4s3)c2)cc(-c2ccc3c4ccccc4c4ccccc4c3c2)c1. The Kier molecular flexibility index (Phi) is 5.04. The molecule has 0 saturated heterocycles. The molecule has 3 heteroatoms. The van der Waals surface area contributed by atoms with Gasteiger partial charge in [-0.1, -0.05) is 108 Å². The quantitative estimate of drug-likeness (QED) is 0.219. The second-order valence-corrected chi connectivity index (χ2v) is 10.8. The molecule has 0 aliphatic heterocycles. The normalized spacial score (nSPS) is 11.6. The van der Waals surface area contributed by atoms with E-state index in [9.17, 15) is 0 Å². The zero-order chi connectivity index (χ0) is 25.8. The van der Waals surface area contributed by atoms with Gasteiger partial charge in [-0.2, -0.15) is 0 Å². The molecule has 2 nitrogen and oxygen atoms in total. The van der Waals surface area contributed by atoms with Crippen LogP contribution in [0.15, 0.2) is 134 Å². The van der Waals surface area contributed by atoms with Crippen LogP contribution in [-0.4, -0.2) is 9.97 Å². The molecule has 2 heterocycles. The molecule has 0 radical (unpaired) electrons. The Hall–Kier alpha value is -4.86. The van der Waals surface area contributed by atoms with Gasteiger partial charge < -0.3 is 0 Å². The number of rotatable bonds is 3. The number of benzene rings is 6. The molecule has 0 aliphatic rings. The smallest absolute Gasteiger partial charge is 0.143 e. The van der Waals surface area contributed by atoms with Crippen LogP contribution in [-0.2, 0) is 0 Å². The number of fused-ring (bicyclic) bond motifs is 7. The van der Waals surface area contributed by atoms with Gasteiger partial charge in [-0.15, -0.1) is 0 Å². The van der Waals surface area contributed by atoms with Crippen molar-refractivity contribution >= 4 is 54.0 Å². The maximum atomic E-state index is 4.81. The minimum Gasteiger partial charge on any atom is -0.244 e. The van der Waals surface area contributed by atoms with E-state index in [1.165, 1.54) is 54.6 Å². The Bertz CT molecular complexity index is 2120. The molecule has 0 atom stereocenters. The minimum absolute atomic E-state index is 0.946. The first-order valence-electron chi connectivity index (χ1n) is 13.1. The summed E-state index contributed by atoms with van der Waals surface area (Å²) in [6.07, 6.45) is 1.82. The highest BCUT2D eigenvalue weighted by Gasteiger charge is 2.11. The summed E-state index contributed by atoms with van der Waals surface area (Å²) >= 11 is 1.63. The van der Waals surface area contributed by atoms with Gasteiger partial charge in [-0.25, -0.2) is 9.97 Å². The van der Waals surface area contributed by atoms with Gasteiger partial charge in [0.2, 0.25) is 0 Å². The van der Waals surface area contributed by atoms with E-state index < -0.39 is 0 Å². The summed E-state index contributed by atoms with van der Waals surface area (Å²) in [5.41, 5.74) is 6.86. The lowest BCUT2D eigenvalue weighted by Crippen LogP contribution is -1.86. The van der Waals surface area contributed by atoms with Crippen molar-refractivity contribution in [1.82, 2.24) is 9.97 Å². The maximum Gasteiger partial charge on any atom is 0.143 e. The Morgan fingerprint density at radius 2 is 0.949 bits per heavy atom. The van der Waals surface area contributed by atoms with Gasteiger partial charge in [0.15, 0.2) is 0 Å². The van der Waals surface area contributed by atoms with Crippen molar-refractivity contribution in [1.29, 1.82) is 0 Å². The van der Waals surface area contributed by atoms with Crippen LogP contribution >= 0.6 is 11.3 Å². The molecular formula is C36H22N2S. The van der Waals surface area contributed by atoms with E-state index in [4.69, 9.17) is 4.98 Å². The third kappa shape index (κ3) is 3.70. The average Bonchev–Trinajstić information content (AvgIpc) is 3.46. The molecule has 0 unspecified atom stereocenters. The van der Waals surface area contributed by atoms with Crippen molar-refractivity contribution in [3.8, 4) is 32.8 Å². The first kappa shape index (κ1) is 22.2. The Balaban J connectivity index is 1.24. The van der Waals surface area contributed by atoms with Gasteiger partial charge in [0.05, 0.1) is 0 Å². The van der Waals surface area contributed by atoms with Gasteiger partial charge in [0, 0.05) is 11.8 Å². The van der Waals surface area contributed by atoms with Crippen LogP contribution in [0.3, 0.4) is 0 Å². The molecule has 182 valence electrons. The first-order chi connectivity index (χ1) is 19.3. The molecule has 0 saturated carbocycles. The second kappa shape index (κ2) is 8.87. The Morgan fingerprint density at radius 1 is 0.410 bits per heavy atom. The molecule has 0 spiro atoms. The maximum absolute atomic E-state index is 4.81. The summed E-state index contributed by atoms with van der Waals surface area (Å²) in [4.78, 5) is 10.2. The van der Waals surface area contributed by atoms with Crippen LogP contribution in [0.25, 0.3) is 75.5 Å². The Labute approximate surface area is 229 Å². The molecule has 0 amide bonds. The van der Waals surface area contributed by atoms with Gasteiger partial charge in [0.25, 0.3) is 0 Å². The van der Waals surface area contributed by atoms with Crippen LogP contribution in [0.5, 0.6) is 0 Å². The van der Waals surface area contributed by atoms with E-state index in [-0.39, 0.29) is 0 Å². The van der Waals surface area contributed by atoms with Crippen LogP contribution < -0.4 is 0 Å².